The third-order valence-electron chi connectivity index (χ3n) is 2.82. The first kappa shape index (κ1) is 17.4. The molecule has 0 saturated carbocycles. The first-order valence-electron chi connectivity index (χ1n) is 6.50. The SMILES string of the molecule is CNCc1sc(NC(C)=O)nc1-c1cc(F)cc(C(F)(F)F)c1. The van der Waals surface area contributed by atoms with Crippen molar-refractivity contribution in [1.82, 2.24) is 10.3 Å². The van der Waals surface area contributed by atoms with Crippen molar-refractivity contribution >= 4 is 22.4 Å². The van der Waals surface area contributed by atoms with E-state index in [2.05, 4.69) is 15.6 Å². The summed E-state index contributed by atoms with van der Waals surface area (Å²) >= 11 is 1.12. The minimum absolute atomic E-state index is 0.00965. The van der Waals surface area contributed by atoms with Gasteiger partial charge in [-0.2, -0.15) is 13.2 Å². The topological polar surface area (TPSA) is 54.0 Å². The summed E-state index contributed by atoms with van der Waals surface area (Å²) in [6.45, 7) is 1.62. The molecule has 1 heterocycles. The van der Waals surface area contributed by atoms with Crippen LogP contribution in [0.1, 0.15) is 17.4 Å². The van der Waals surface area contributed by atoms with Gasteiger partial charge in [0.15, 0.2) is 5.13 Å². The number of aromatic nitrogens is 1. The molecule has 0 atom stereocenters. The van der Waals surface area contributed by atoms with Crippen molar-refractivity contribution in [2.75, 3.05) is 12.4 Å². The predicted molar refractivity (Wildman–Crippen MR) is 79.6 cm³/mol. The van der Waals surface area contributed by atoms with E-state index in [0.29, 0.717) is 17.5 Å². The average molecular weight is 347 g/mol. The summed E-state index contributed by atoms with van der Waals surface area (Å²) in [5.41, 5.74) is -0.870. The Kier molecular flexibility index (Phi) is 5.00. The molecule has 9 heteroatoms. The summed E-state index contributed by atoms with van der Waals surface area (Å²) in [5, 5.41) is 5.59. The van der Waals surface area contributed by atoms with Crippen molar-refractivity contribution in [3.63, 3.8) is 0 Å². The van der Waals surface area contributed by atoms with Crippen LogP contribution in [0.2, 0.25) is 0 Å². The van der Waals surface area contributed by atoms with Crippen LogP contribution in [-0.4, -0.2) is 17.9 Å². The lowest BCUT2D eigenvalue weighted by Crippen LogP contribution is -2.07. The molecule has 2 aromatic rings. The lowest BCUT2D eigenvalue weighted by molar-refractivity contribution is -0.137. The van der Waals surface area contributed by atoms with Crippen molar-refractivity contribution in [2.45, 2.75) is 19.6 Å². The van der Waals surface area contributed by atoms with Crippen LogP contribution < -0.4 is 10.6 Å². The molecule has 1 amide bonds. The Balaban J connectivity index is 2.54. The average Bonchev–Trinajstić information content (AvgIpc) is 2.79. The van der Waals surface area contributed by atoms with Crippen LogP contribution in [0, 0.1) is 5.82 Å². The first-order valence-corrected chi connectivity index (χ1v) is 7.32. The Bertz CT molecular complexity index is 727. The molecule has 0 bridgehead atoms. The zero-order valence-corrected chi connectivity index (χ0v) is 13.0. The van der Waals surface area contributed by atoms with Gasteiger partial charge >= 0.3 is 6.18 Å². The number of carbonyl (C=O) groups is 1. The Labute approximate surface area is 133 Å². The van der Waals surface area contributed by atoms with E-state index >= 15 is 0 Å². The lowest BCUT2D eigenvalue weighted by Gasteiger charge is -2.09. The molecule has 124 valence electrons. The van der Waals surface area contributed by atoms with Gasteiger partial charge in [0.25, 0.3) is 0 Å². The second-order valence-electron chi connectivity index (χ2n) is 4.73. The van der Waals surface area contributed by atoms with E-state index in [1.165, 1.54) is 6.92 Å². The quantitative estimate of drug-likeness (QED) is 0.830. The molecule has 0 aliphatic carbocycles. The summed E-state index contributed by atoms with van der Waals surface area (Å²) in [6.07, 6.45) is -4.66. The van der Waals surface area contributed by atoms with Gasteiger partial charge in [0.05, 0.1) is 11.3 Å². The Morgan fingerprint density at radius 2 is 2.00 bits per heavy atom. The number of nitrogens with one attached hydrogen (secondary N) is 2. The van der Waals surface area contributed by atoms with Crippen LogP contribution >= 0.6 is 11.3 Å². The van der Waals surface area contributed by atoms with Crippen LogP contribution in [0.4, 0.5) is 22.7 Å². The number of carbonyl (C=O) groups excluding carboxylic acids is 1. The van der Waals surface area contributed by atoms with Gasteiger partial charge in [-0.3, -0.25) is 4.79 Å². The van der Waals surface area contributed by atoms with E-state index in [4.69, 9.17) is 0 Å². The largest absolute Gasteiger partial charge is 0.416 e. The van der Waals surface area contributed by atoms with Crippen LogP contribution in [0.15, 0.2) is 18.2 Å². The van der Waals surface area contributed by atoms with E-state index in [1.807, 2.05) is 0 Å². The Morgan fingerprint density at radius 3 is 2.57 bits per heavy atom. The molecule has 0 spiro atoms. The lowest BCUT2D eigenvalue weighted by atomic mass is 10.1. The molecule has 4 nitrogen and oxygen atoms in total. The van der Waals surface area contributed by atoms with Crippen LogP contribution in [0.3, 0.4) is 0 Å². The van der Waals surface area contributed by atoms with Crippen molar-refractivity contribution in [3.8, 4) is 11.3 Å². The number of benzene rings is 1. The number of halogens is 4. The van der Waals surface area contributed by atoms with Crippen molar-refractivity contribution in [3.05, 3.63) is 34.5 Å². The fourth-order valence-electron chi connectivity index (χ4n) is 1.95. The molecule has 0 radical (unpaired) electrons. The Morgan fingerprint density at radius 1 is 1.30 bits per heavy atom. The van der Waals surface area contributed by atoms with Gasteiger partial charge < -0.3 is 10.6 Å². The van der Waals surface area contributed by atoms with E-state index < -0.39 is 17.6 Å². The highest BCUT2D eigenvalue weighted by Gasteiger charge is 2.32. The van der Waals surface area contributed by atoms with Gasteiger partial charge in [0.2, 0.25) is 5.91 Å². The molecule has 2 N–H and O–H groups in total. The zero-order chi connectivity index (χ0) is 17.2. The number of thiazole rings is 1. The maximum Gasteiger partial charge on any atom is 0.416 e. The third-order valence-corrected chi connectivity index (χ3v) is 3.79. The summed E-state index contributed by atoms with van der Waals surface area (Å²) in [7, 11) is 1.66. The second-order valence-corrected chi connectivity index (χ2v) is 5.81. The van der Waals surface area contributed by atoms with Gasteiger partial charge in [0, 0.05) is 23.9 Å². The first-order chi connectivity index (χ1) is 10.7. The highest BCUT2D eigenvalue weighted by molar-refractivity contribution is 7.16. The summed E-state index contributed by atoms with van der Waals surface area (Å²) in [4.78, 5) is 15.8. The summed E-state index contributed by atoms with van der Waals surface area (Å²) in [6, 6.07) is 2.26. The number of nitrogens with zero attached hydrogens (tertiary/aromatic N) is 1. The fraction of sp³-hybridized carbons (Fsp3) is 0.286. The van der Waals surface area contributed by atoms with Crippen LogP contribution in [-0.2, 0) is 17.5 Å². The van der Waals surface area contributed by atoms with Gasteiger partial charge in [-0.1, -0.05) is 11.3 Å². The highest BCUT2D eigenvalue weighted by atomic mass is 32.1. The normalized spacial score (nSPS) is 11.6. The molecule has 0 unspecified atom stereocenters. The number of anilines is 1. The minimum Gasteiger partial charge on any atom is -0.315 e. The molecular formula is C14H13F4N3OS. The van der Waals surface area contributed by atoms with E-state index in [-0.39, 0.29) is 22.3 Å². The number of rotatable bonds is 4. The van der Waals surface area contributed by atoms with E-state index in [9.17, 15) is 22.4 Å². The van der Waals surface area contributed by atoms with Crippen LogP contribution in [0.25, 0.3) is 11.3 Å². The standard InChI is InChI=1S/C14H13F4N3OS/c1-7(22)20-13-21-12(11(23-13)6-19-2)8-3-9(14(16,17)18)5-10(15)4-8/h3-5,19H,6H2,1-2H3,(H,20,21,22). The third kappa shape index (κ3) is 4.26. The summed E-state index contributed by atoms with van der Waals surface area (Å²) < 4.78 is 52.1. The molecular weight excluding hydrogens is 334 g/mol. The maximum absolute atomic E-state index is 13.6. The molecule has 0 aliphatic heterocycles. The van der Waals surface area contributed by atoms with Crippen LogP contribution in [0.5, 0.6) is 0 Å². The summed E-state index contributed by atoms with van der Waals surface area (Å²) in [5.74, 6) is -1.35. The molecule has 2 rings (SSSR count). The fourth-order valence-corrected chi connectivity index (χ4v) is 2.99. The molecule has 23 heavy (non-hydrogen) atoms. The number of amides is 1. The van der Waals surface area contributed by atoms with Crippen molar-refractivity contribution < 1.29 is 22.4 Å². The van der Waals surface area contributed by atoms with Gasteiger partial charge in [0.1, 0.15) is 5.82 Å². The molecule has 1 aromatic heterocycles. The van der Waals surface area contributed by atoms with Crippen molar-refractivity contribution in [1.29, 1.82) is 0 Å². The van der Waals surface area contributed by atoms with E-state index in [1.54, 1.807) is 7.05 Å². The Hall–Kier alpha value is -2.00. The smallest absolute Gasteiger partial charge is 0.315 e. The highest BCUT2D eigenvalue weighted by Crippen LogP contribution is 2.36. The molecule has 0 fully saturated rings. The van der Waals surface area contributed by atoms with Gasteiger partial charge in [-0.25, -0.2) is 9.37 Å². The molecule has 0 saturated heterocycles. The number of alkyl halides is 3. The number of hydrogen-bond donors (Lipinski definition) is 2. The minimum atomic E-state index is -4.66. The molecule has 0 aliphatic rings. The number of hydrogen-bond acceptors (Lipinski definition) is 4. The maximum atomic E-state index is 13.6. The van der Waals surface area contributed by atoms with Gasteiger partial charge in [-0.15, -0.1) is 0 Å². The molecule has 1 aromatic carbocycles. The zero-order valence-electron chi connectivity index (χ0n) is 12.2. The predicted octanol–water partition coefficient (Wildman–Crippen LogP) is 3.65. The monoisotopic (exact) mass is 347 g/mol. The van der Waals surface area contributed by atoms with Gasteiger partial charge in [-0.05, 0) is 25.2 Å². The van der Waals surface area contributed by atoms with Crippen molar-refractivity contribution in [2.24, 2.45) is 0 Å². The van der Waals surface area contributed by atoms with E-state index in [0.717, 1.165) is 23.5 Å². The second kappa shape index (κ2) is 6.63.